The first kappa shape index (κ1) is 17.1. The molecule has 0 radical (unpaired) electrons. The summed E-state index contributed by atoms with van der Waals surface area (Å²) in [6.07, 6.45) is 4.48. The second-order valence-electron chi connectivity index (χ2n) is 4.78. The van der Waals surface area contributed by atoms with Crippen LogP contribution in [0.2, 0.25) is 0 Å². The second kappa shape index (κ2) is 9.06. The first-order valence-corrected chi connectivity index (χ1v) is 6.52. The van der Waals surface area contributed by atoms with E-state index in [-0.39, 0.29) is 75.2 Å². The Hall–Kier alpha value is 1.03. The molecule has 1 unspecified atom stereocenters. The summed E-state index contributed by atoms with van der Waals surface area (Å²) < 4.78 is 11.2. The van der Waals surface area contributed by atoms with E-state index in [9.17, 15) is 0 Å². The van der Waals surface area contributed by atoms with Gasteiger partial charge < -0.3 is 9.47 Å². The molecule has 2 rings (SSSR count). The van der Waals surface area contributed by atoms with Crippen molar-refractivity contribution in [2.75, 3.05) is 0 Å². The van der Waals surface area contributed by atoms with Gasteiger partial charge in [-0.3, -0.25) is 0 Å². The summed E-state index contributed by atoms with van der Waals surface area (Å²) in [5.41, 5.74) is 1.38. The van der Waals surface area contributed by atoms with Crippen LogP contribution in [0.3, 0.4) is 0 Å². The van der Waals surface area contributed by atoms with Gasteiger partial charge in [-0.1, -0.05) is 32.4 Å². The van der Waals surface area contributed by atoms with Crippen molar-refractivity contribution >= 4 is 0 Å². The topological polar surface area (TPSA) is 18.5 Å². The van der Waals surface area contributed by atoms with E-state index in [2.05, 4.69) is 26.0 Å². The third kappa shape index (κ3) is 5.57. The van der Waals surface area contributed by atoms with Crippen molar-refractivity contribution in [2.24, 2.45) is 5.92 Å². The van der Waals surface area contributed by atoms with Crippen LogP contribution in [0, 0.1) is 12.5 Å². The van der Waals surface area contributed by atoms with E-state index in [1.165, 1.54) is 18.4 Å². The number of hydrogen-bond donors (Lipinski definition) is 0. The SMILES string of the molecule is CCCCc1ccc(OC2C[C@@H](C)[CH-]O2)cc1.[Cs+]. The Kier molecular flexibility index (Phi) is 8.60. The Bertz CT molecular complexity index is 337. The Labute approximate surface area is 169 Å². The molecule has 1 aliphatic rings. The number of benzene rings is 1. The molecule has 1 saturated heterocycles. The van der Waals surface area contributed by atoms with Gasteiger partial charge in [-0.2, -0.15) is 0 Å². The van der Waals surface area contributed by atoms with Crippen molar-refractivity contribution in [3.8, 4) is 5.75 Å². The largest absolute Gasteiger partial charge is 1.00 e. The van der Waals surface area contributed by atoms with Crippen molar-refractivity contribution in [3.05, 3.63) is 36.4 Å². The van der Waals surface area contributed by atoms with Crippen molar-refractivity contribution in [1.82, 2.24) is 0 Å². The minimum Gasteiger partial charge on any atom is -0.520 e. The van der Waals surface area contributed by atoms with Gasteiger partial charge >= 0.3 is 68.9 Å². The number of hydrogen-bond acceptors (Lipinski definition) is 2. The third-order valence-electron chi connectivity index (χ3n) is 3.04. The van der Waals surface area contributed by atoms with Crippen molar-refractivity contribution in [1.29, 1.82) is 0 Å². The summed E-state index contributed by atoms with van der Waals surface area (Å²) >= 11 is 0. The predicted octanol–water partition coefficient (Wildman–Crippen LogP) is 0.956. The van der Waals surface area contributed by atoms with Crippen LogP contribution in [0.4, 0.5) is 0 Å². The molecule has 1 heterocycles. The molecular formula is C15H21CsO2. The van der Waals surface area contributed by atoms with Gasteiger partial charge in [0.05, 0.1) is 0 Å². The molecule has 0 amide bonds. The molecule has 1 aromatic rings. The van der Waals surface area contributed by atoms with Gasteiger partial charge in [0, 0.05) is 0 Å². The molecule has 2 nitrogen and oxygen atoms in total. The van der Waals surface area contributed by atoms with Gasteiger partial charge in [-0.15, -0.1) is 5.92 Å². The molecule has 1 aliphatic heterocycles. The van der Waals surface area contributed by atoms with Crippen molar-refractivity contribution in [2.45, 2.75) is 45.8 Å². The molecule has 2 atom stereocenters. The maximum absolute atomic E-state index is 5.75. The summed E-state index contributed by atoms with van der Waals surface area (Å²) in [4.78, 5) is 0. The molecule has 18 heavy (non-hydrogen) atoms. The van der Waals surface area contributed by atoms with E-state index in [1.807, 2.05) is 18.7 Å². The van der Waals surface area contributed by atoms with Gasteiger partial charge in [0.15, 0.2) is 6.29 Å². The van der Waals surface area contributed by atoms with E-state index in [1.54, 1.807) is 0 Å². The quantitative estimate of drug-likeness (QED) is 0.723. The van der Waals surface area contributed by atoms with Gasteiger partial charge in [0.25, 0.3) is 0 Å². The molecular weight excluding hydrogens is 345 g/mol. The van der Waals surface area contributed by atoms with Crippen LogP contribution >= 0.6 is 0 Å². The van der Waals surface area contributed by atoms with Crippen LogP contribution in [-0.2, 0) is 11.2 Å². The molecule has 0 spiro atoms. The summed E-state index contributed by atoms with van der Waals surface area (Å²) in [6, 6.07) is 8.37. The van der Waals surface area contributed by atoms with Crippen LogP contribution in [0.1, 0.15) is 38.7 Å². The van der Waals surface area contributed by atoms with E-state index >= 15 is 0 Å². The average molecular weight is 366 g/mol. The zero-order valence-corrected chi connectivity index (χ0v) is 18.0. The van der Waals surface area contributed by atoms with Gasteiger partial charge in [-0.05, 0) is 37.0 Å². The van der Waals surface area contributed by atoms with Crippen molar-refractivity contribution in [3.63, 3.8) is 0 Å². The summed E-state index contributed by atoms with van der Waals surface area (Å²) in [7, 11) is 0. The van der Waals surface area contributed by atoms with E-state index < -0.39 is 0 Å². The van der Waals surface area contributed by atoms with Crippen molar-refractivity contribution < 1.29 is 78.4 Å². The van der Waals surface area contributed by atoms with Gasteiger partial charge in [0.2, 0.25) is 0 Å². The smallest absolute Gasteiger partial charge is 0.520 e. The Morgan fingerprint density at radius 3 is 2.61 bits per heavy atom. The maximum Gasteiger partial charge on any atom is 1.00 e. The molecule has 0 N–H and O–H groups in total. The molecule has 1 fully saturated rings. The second-order valence-corrected chi connectivity index (χ2v) is 4.78. The fourth-order valence-corrected chi connectivity index (χ4v) is 1.98. The molecule has 0 saturated carbocycles. The Morgan fingerprint density at radius 1 is 1.33 bits per heavy atom. The van der Waals surface area contributed by atoms with Crippen LogP contribution < -0.4 is 73.6 Å². The number of unbranched alkanes of at least 4 members (excludes halogenated alkanes) is 1. The molecule has 1 aromatic carbocycles. The normalized spacial score (nSPS) is 22.6. The van der Waals surface area contributed by atoms with Crippen LogP contribution in [-0.4, -0.2) is 6.29 Å². The minimum absolute atomic E-state index is 0. The summed E-state index contributed by atoms with van der Waals surface area (Å²) in [5, 5.41) is 0. The summed E-state index contributed by atoms with van der Waals surface area (Å²) in [6.45, 7) is 6.21. The molecule has 3 heteroatoms. The Morgan fingerprint density at radius 2 is 2.06 bits per heavy atom. The maximum atomic E-state index is 5.75. The zero-order valence-electron chi connectivity index (χ0n) is 11.7. The fraction of sp³-hybridized carbons (Fsp3) is 0.533. The molecule has 0 aromatic heterocycles. The predicted molar refractivity (Wildman–Crippen MR) is 68.6 cm³/mol. The third-order valence-corrected chi connectivity index (χ3v) is 3.04. The minimum atomic E-state index is -0.105. The first-order valence-electron chi connectivity index (χ1n) is 6.52. The fourth-order valence-electron chi connectivity index (χ4n) is 1.98. The van der Waals surface area contributed by atoms with Gasteiger partial charge in [0.1, 0.15) is 5.75 Å². The van der Waals surface area contributed by atoms with Gasteiger partial charge in [-0.25, -0.2) is 6.61 Å². The molecule has 94 valence electrons. The van der Waals surface area contributed by atoms with E-state index in [4.69, 9.17) is 9.47 Å². The first-order chi connectivity index (χ1) is 8.28. The van der Waals surface area contributed by atoms with E-state index in [0.717, 1.165) is 18.6 Å². The average Bonchev–Trinajstić information content (AvgIpc) is 2.74. The summed E-state index contributed by atoms with van der Waals surface area (Å²) in [5.74, 6) is 1.39. The monoisotopic (exact) mass is 366 g/mol. The molecule has 0 bridgehead atoms. The molecule has 0 aliphatic carbocycles. The standard InChI is InChI=1S/C15H21O2.Cs/c1-3-4-5-13-6-8-14(9-7-13)17-15-10-12(2)11-16-15;/h6-9,11-12,15H,3-5,10H2,1-2H3;/q-1;+1/t12-,15?;/m1./s1. The number of rotatable bonds is 5. The number of ether oxygens (including phenoxy) is 2. The van der Waals surface area contributed by atoms with Crippen LogP contribution in [0.5, 0.6) is 5.75 Å². The van der Waals surface area contributed by atoms with Crippen LogP contribution in [0.25, 0.3) is 0 Å². The van der Waals surface area contributed by atoms with Crippen LogP contribution in [0.15, 0.2) is 24.3 Å². The Balaban J connectivity index is 0.00000162. The number of aryl methyl sites for hydroxylation is 1. The zero-order chi connectivity index (χ0) is 12.1. The van der Waals surface area contributed by atoms with E-state index in [0.29, 0.717) is 5.92 Å².